The van der Waals surface area contributed by atoms with Gasteiger partial charge in [-0.05, 0) is 35.0 Å². The van der Waals surface area contributed by atoms with Crippen LogP contribution in [-0.2, 0) is 13.6 Å². The highest BCUT2D eigenvalue weighted by Crippen LogP contribution is 2.16. The van der Waals surface area contributed by atoms with Crippen molar-refractivity contribution in [2.24, 2.45) is 7.05 Å². The van der Waals surface area contributed by atoms with Gasteiger partial charge in [0.05, 0.1) is 11.9 Å². The van der Waals surface area contributed by atoms with Crippen molar-refractivity contribution in [2.45, 2.75) is 13.5 Å². The van der Waals surface area contributed by atoms with Crippen LogP contribution >= 0.6 is 15.9 Å². The van der Waals surface area contributed by atoms with Crippen LogP contribution in [-0.4, -0.2) is 14.8 Å². The fourth-order valence-electron chi connectivity index (χ4n) is 1.40. The summed E-state index contributed by atoms with van der Waals surface area (Å²) in [6.45, 7) is 2.71. The van der Waals surface area contributed by atoms with Crippen LogP contribution in [0.2, 0.25) is 0 Å². The maximum absolute atomic E-state index is 4.41. The van der Waals surface area contributed by atoms with Gasteiger partial charge >= 0.3 is 0 Å². The van der Waals surface area contributed by atoms with Gasteiger partial charge in [0.2, 0.25) is 0 Å². The van der Waals surface area contributed by atoms with Gasteiger partial charge in [0.15, 0.2) is 0 Å². The van der Waals surface area contributed by atoms with E-state index in [4.69, 9.17) is 0 Å². The second-order valence-corrected chi connectivity index (χ2v) is 4.49. The first kappa shape index (κ1) is 11.1. The first-order valence-corrected chi connectivity index (χ1v) is 5.79. The van der Waals surface area contributed by atoms with Crippen molar-refractivity contribution in [1.82, 2.24) is 14.8 Å². The molecule has 0 saturated heterocycles. The SMILES string of the molecule is Cc1nc(NCc2cnn(C)c2)ccc1Br. The number of nitrogens with one attached hydrogen (secondary N) is 1. The average molecular weight is 281 g/mol. The van der Waals surface area contributed by atoms with Crippen LogP contribution in [0.3, 0.4) is 0 Å². The minimum atomic E-state index is 0.738. The number of halogens is 1. The Labute approximate surface area is 103 Å². The van der Waals surface area contributed by atoms with Gasteiger partial charge in [0, 0.05) is 29.8 Å². The number of aryl methyl sites for hydroxylation is 2. The third kappa shape index (κ3) is 2.61. The monoisotopic (exact) mass is 280 g/mol. The number of hydrogen-bond acceptors (Lipinski definition) is 3. The van der Waals surface area contributed by atoms with Crippen LogP contribution in [0.1, 0.15) is 11.3 Å². The summed E-state index contributed by atoms with van der Waals surface area (Å²) in [6, 6.07) is 3.95. The minimum Gasteiger partial charge on any atom is -0.366 e. The summed E-state index contributed by atoms with van der Waals surface area (Å²) in [5.74, 6) is 0.879. The second-order valence-electron chi connectivity index (χ2n) is 3.64. The molecule has 1 N–H and O–H groups in total. The van der Waals surface area contributed by atoms with E-state index in [9.17, 15) is 0 Å². The third-order valence-corrected chi connectivity index (χ3v) is 3.09. The molecular weight excluding hydrogens is 268 g/mol. The topological polar surface area (TPSA) is 42.7 Å². The Bertz CT molecular complexity index is 492. The Morgan fingerprint density at radius 2 is 2.25 bits per heavy atom. The number of aromatic nitrogens is 3. The quantitative estimate of drug-likeness (QED) is 0.940. The van der Waals surface area contributed by atoms with Gasteiger partial charge in [-0.1, -0.05) is 0 Å². The number of hydrogen-bond donors (Lipinski definition) is 1. The predicted octanol–water partition coefficient (Wildman–Crippen LogP) is 2.50. The maximum Gasteiger partial charge on any atom is 0.126 e. The predicted molar refractivity (Wildman–Crippen MR) is 67.2 cm³/mol. The number of pyridine rings is 1. The van der Waals surface area contributed by atoms with Gasteiger partial charge in [-0.3, -0.25) is 4.68 Å². The summed E-state index contributed by atoms with van der Waals surface area (Å²) >= 11 is 3.43. The molecule has 2 aromatic rings. The molecule has 16 heavy (non-hydrogen) atoms. The van der Waals surface area contributed by atoms with Gasteiger partial charge in [-0.25, -0.2) is 4.98 Å². The van der Waals surface area contributed by atoms with E-state index >= 15 is 0 Å². The molecule has 0 aliphatic rings. The molecule has 84 valence electrons. The van der Waals surface area contributed by atoms with Gasteiger partial charge in [-0.15, -0.1) is 0 Å². The van der Waals surface area contributed by atoms with E-state index in [1.165, 1.54) is 0 Å². The molecule has 0 amide bonds. The van der Waals surface area contributed by atoms with Gasteiger partial charge in [0.25, 0.3) is 0 Å². The largest absolute Gasteiger partial charge is 0.366 e. The van der Waals surface area contributed by atoms with Crippen LogP contribution in [0.4, 0.5) is 5.82 Å². The lowest BCUT2D eigenvalue weighted by Gasteiger charge is -2.05. The Morgan fingerprint density at radius 1 is 1.44 bits per heavy atom. The Hall–Kier alpha value is -1.36. The molecule has 0 radical (unpaired) electrons. The average Bonchev–Trinajstić information content (AvgIpc) is 2.66. The molecule has 0 spiro atoms. The minimum absolute atomic E-state index is 0.738. The lowest BCUT2D eigenvalue weighted by Crippen LogP contribution is -2.01. The summed E-state index contributed by atoms with van der Waals surface area (Å²) in [6.07, 6.45) is 3.83. The summed E-state index contributed by atoms with van der Waals surface area (Å²) in [5, 5.41) is 7.37. The third-order valence-electron chi connectivity index (χ3n) is 2.25. The van der Waals surface area contributed by atoms with Crippen molar-refractivity contribution >= 4 is 21.7 Å². The highest BCUT2D eigenvalue weighted by Gasteiger charge is 2.00. The van der Waals surface area contributed by atoms with Crippen LogP contribution in [0.15, 0.2) is 29.0 Å². The van der Waals surface area contributed by atoms with Gasteiger partial charge in [0.1, 0.15) is 5.82 Å². The molecule has 0 saturated carbocycles. The van der Waals surface area contributed by atoms with E-state index in [-0.39, 0.29) is 0 Å². The fraction of sp³-hybridized carbons (Fsp3) is 0.273. The molecule has 4 nitrogen and oxygen atoms in total. The van der Waals surface area contributed by atoms with E-state index < -0.39 is 0 Å². The molecule has 0 aliphatic heterocycles. The zero-order valence-electron chi connectivity index (χ0n) is 9.24. The molecule has 2 aromatic heterocycles. The molecule has 0 bridgehead atoms. The number of rotatable bonds is 3. The number of nitrogens with zero attached hydrogens (tertiary/aromatic N) is 3. The standard InChI is InChI=1S/C11H13BrN4/c1-8-10(12)3-4-11(15-8)13-5-9-6-14-16(2)7-9/h3-4,6-7H,5H2,1-2H3,(H,13,15). The van der Waals surface area contributed by atoms with E-state index in [2.05, 4.69) is 31.3 Å². The molecular formula is C11H13BrN4. The van der Waals surface area contributed by atoms with E-state index in [1.807, 2.05) is 38.5 Å². The van der Waals surface area contributed by atoms with Gasteiger partial charge in [-0.2, -0.15) is 5.10 Å². The molecule has 2 heterocycles. The summed E-state index contributed by atoms with van der Waals surface area (Å²) in [4.78, 5) is 4.41. The molecule has 0 aliphatic carbocycles. The molecule has 0 fully saturated rings. The van der Waals surface area contributed by atoms with E-state index in [0.29, 0.717) is 0 Å². The summed E-state index contributed by atoms with van der Waals surface area (Å²) < 4.78 is 2.82. The van der Waals surface area contributed by atoms with E-state index in [1.54, 1.807) is 4.68 Å². The van der Waals surface area contributed by atoms with E-state index in [0.717, 1.165) is 28.1 Å². The Morgan fingerprint density at radius 3 is 2.88 bits per heavy atom. The van der Waals surface area contributed by atoms with Gasteiger partial charge < -0.3 is 5.32 Å². The first-order valence-electron chi connectivity index (χ1n) is 4.99. The maximum atomic E-state index is 4.41. The van der Waals surface area contributed by atoms with Crippen LogP contribution in [0.25, 0.3) is 0 Å². The Balaban J connectivity index is 2.02. The number of anilines is 1. The van der Waals surface area contributed by atoms with Crippen LogP contribution < -0.4 is 5.32 Å². The molecule has 0 atom stereocenters. The summed E-state index contributed by atoms with van der Waals surface area (Å²) in [7, 11) is 1.91. The fourth-order valence-corrected chi connectivity index (χ4v) is 1.62. The van der Waals surface area contributed by atoms with Crippen molar-refractivity contribution in [2.75, 3.05) is 5.32 Å². The lowest BCUT2D eigenvalue weighted by atomic mass is 10.3. The molecule has 2 rings (SSSR count). The van der Waals surface area contributed by atoms with Crippen molar-refractivity contribution in [1.29, 1.82) is 0 Å². The smallest absolute Gasteiger partial charge is 0.126 e. The highest BCUT2D eigenvalue weighted by atomic mass is 79.9. The molecule has 5 heteroatoms. The Kier molecular flexibility index (Phi) is 3.24. The van der Waals surface area contributed by atoms with Crippen molar-refractivity contribution in [3.8, 4) is 0 Å². The van der Waals surface area contributed by atoms with Crippen molar-refractivity contribution in [3.63, 3.8) is 0 Å². The zero-order valence-corrected chi connectivity index (χ0v) is 10.8. The lowest BCUT2D eigenvalue weighted by molar-refractivity contribution is 0.767. The normalized spacial score (nSPS) is 10.4. The van der Waals surface area contributed by atoms with Crippen LogP contribution in [0.5, 0.6) is 0 Å². The second kappa shape index (κ2) is 4.65. The van der Waals surface area contributed by atoms with Crippen molar-refractivity contribution < 1.29 is 0 Å². The first-order chi connectivity index (χ1) is 7.65. The highest BCUT2D eigenvalue weighted by molar-refractivity contribution is 9.10. The zero-order chi connectivity index (χ0) is 11.5. The molecule has 0 aromatic carbocycles. The molecule has 0 unspecified atom stereocenters. The van der Waals surface area contributed by atoms with Crippen LogP contribution in [0, 0.1) is 6.92 Å². The van der Waals surface area contributed by atoms with Crippen molar-refractivity contribution in [3.05, 3.63) is 40.3 Å². The summed E-state index contributed by atoms with van der Waals surface area (Å²) in [5.41, 5.74) is 2.13.